The van der Waals surface area contributed by atoms with E-state index in [-0.39, 0.29) is 5.56 Å². The minimum absolute atomic E-state index is 0.0610. The summed E-state index contributed by atoms with van der Waals surface area (Å²) >= 11 is 0. The van der Waals surface area contributed by atoms with Gasteiger partial charge in [0.2, 0.25) is 0 Å². The summed E-state index contributed by atoms with van der Waals surface area (Å²) in [6, 6.07) is 21.8. The van der Waals surface area contributed by atoms with Crippen LogP contribution in [0.5, 0.6) is 5.75 Å². The highest BCUT2D eigenvalue weighted by molar-refractivity contribution is 5.64. The van der Waals surface area contributed by atoms with Crippen molar-refractivity contribution in [3.63, 3.8) is 0 Å². The van der Waals surface area contributed by atoms with E-state index in [9.17, 15) is 10.1 Å². The van der Waals surface area contributed by atoms with Gasteiger partial charge in [-0.15, -0.1) is 0 Å². The Labute approximate surface area is 182 Å². The summed E-state index contributed by atoms with van der Waals surface area (Å²) in [5, 5.41) is 9.19. The molecule has 2 aromatic carbocycles. The van der Waals surface area contributed by atoms with E-state index in [1.54, 1.807) is 19.2 Å². The maximum absolute atomic E-state index is 13.3. The minimum Gasteiger partial charge on any atom is -0.497 e. The Hall–Kier alpha value is -3.36. The molecule has 1 saturated heterocycles. The van der Waals surface area contributed by atoms with E-state index in [2.05, 4.69) is 29.2 Å². The Morgan fingerprint density at radius 1 is 1.06 bits per heavy atom. The molecule has 2 atom stereocenters. The molecule has 0 unspecified atom stereocenters. The van der Waals surface area contributed by atoms with Gasteiger partial charge in [0, 0.05) is 43.4 Å². The third kappa shape index (κ3) is 3.75. The number of piperidine rings is 1. The molecule has 31 heavy (non-hydrogen) atoms. The van der Waals surface area contributed by atoms with Gasteiger partial charge in [0.05, 0.1) is 18.7 Å². The highest BCUT2D eigenvalue weighted by atomic mass is 16.5. The number of likely N-dealkylation sites (tertiary alicyclic amines) is 1. The molecule has 3 aromatic rings. The van der Waals surface area contributed by atoms with Gasteiger partial charge in [-0.2, -0.15) is 5.26 Å². The normalized spacial score (nSPS) is 20.0. The quantitative estimate of drug-likeness (QED) is 0.651. The molecule has 2 aliphatic heterocycles. The molecular formula is C26H25N3O2. The monoisotopic (exact) mass is 411 g/mol. The molecule has 2 bridgehead atoms. The molecule has 0 N–H and O–H groups in total. The third-order valence-corrected chi connectivity index (χ3v) is 6.55. The Balaban J connectivity index is 1.40. The predicted octanol–water partition coefficient (Wildman–Crippen LogP) is 4.01. The van der Waals surface area contributed by atoms with Crippen molar-refractivity contribution in [1.29, 1.82) is 5.26 Å². The van der Waals surface area contributed by atoms with Crippen LogP contribution in [0.25, 0.3) is 11.1 Å². The predicted molar refractivity (Wildman–Crippen MR) is 120 cm³/mol. The molecule has 1 aromatic heterocycles. The van der Waals surface area contributed by atoms with Crippen LogP contribution in [0.2, 0.25) is 0 Å². The fraction of sp³-hybridized carbons (Fsp3) is 0.308. The van der Waals surface area contributed by atoms with Gasteiger partial charge in [-0.05, 0) is 59.9 Å². The summed E-state index contributed by atoms with van der Waals surface area (Å²) < 4.78 is 7.25. The first-order valence-electron chi connectivity index (χ1n) is 10.7. The number of fused-ring (bicyclic) bond motifs is 4. The van der Waals surface area contributed by atoms with Crippen molar-refractivity contribution in [2.24, 2.45) is 5.92 Å². The molecule has 2 aliphatic rings. The SMILES string of the molecule is COc1ccc(CN2C[C@H]3C[C@H](C2)c2ccc(-c4cccc(C#N)c4)c(=O)n2C3)cc1. The fourth-order valence-electron chi connectivity index (χ4n) is 5.14. The van der Waals surface area contributed by atoms with E-state index in [4.69, 9.17) is 4.74 Å². The zero-order valence-corrected chi connectivity index (χ0v) is 17.6. The lowest BCUT2D eigenvalue weighted by Crippen LogP contribution is -2.46. The first kappa shape index (κ1) is 19.6. The van der Waals surface area contributed by atoms with Crippen molar-refractivity contribution >= 4 is 0 Å². The lowest BCUT2D eigenvalue weighted by atomic mass is 9.82. The van der Waals surface area contributed by atoms with Crippen LogP contribution in [0.1, 0.15) is 29.2 Å². The second kappa shape index (κ2) is 8.05. The molecule has 1 fully saturated rings. The number of pyridine rings is 1. The molecule has 0 amide bonds. The Morgan fingerprint density at radius 3 is 2.68 bits per heavy atom. The maximum atomic E-state index is 13.3. The average molecular weight is 412 g/mol. The van der Waals surface area contributed by atoms with Crippen molar-refractivity contribution < 1.29 is 4.74 Å². The van der Waals surface area contributed by atoms with E-state index in [0.29, 0.717) is 23.0 Å². The molecule has 0 aliphatic carbocycles. The van der Waals surface area contributed by atoms with Crippen molar-refractivity contribution in [2.45, 2.75) is 25.4 Å². The molecule has 0 saturated carbocycles. The molecule has 5 heteroatoms. The lowest BCUT2D eigenvalue weighted by Gasteiger charge is -2.43. The molecule has 0 radical (unpaired) electrons. The Kier molecular flexibility index (Phi) is 5.09. The number of rotatable bonds is 4. The highest BCUT2D eigenvalue weighted by Gasteiger charge is 2.35. The first-order chi connectivity index (χ1) is 15.1. The number of hydrogen-bond donors (Lipinski definition) is 0. The van der Waals surface area contributed by atoms with E-state index in [1.807, 2.05) is 34.9 Å². The smallest absolute Gasteiger partial charge is 0.258 e. The van der Waals surface area contributed by atoms with Crippen LogP contribution < -0.4 is 10.3 Å². The van der Waals surface area contributed by atoms with Crippen molar-refractivity contribution in [3.8, 4) is 22.9 Å². The minimum atomic E-state index is 0.0610. The van der Waals surface area contributed by atoms with Crippen LogP contribution in [0.15, 0.2) is 65.5 Å². The molecule has 5 nitrogen and oxygen atoms in total. The average Bonchev–Trinajstić information content (AvgIpc) is 2.80. The van der Waals surface area contributed by atoms with E-state index in [1.165, 1.54) is 5.56 Å². The van der Waals surface area contributed by atoms with Crippen molar-refractivity contribution in [3.05, 3.63) is 87.8 Å². The molecule has 0 spiro atoms. The summed E-state index contributed by atoms with van der Waals surface area (Å²) in [6.45, 7) is 3.64. The van der Waals surface area contributed by atoms with Crippen LogP contribution in [0.3, 0.4) is 0 Å². The summed E-state index contributed by atoms with van der Waals surface area (Å²) in [5.41, 5.74) is 4.55. The van der Waals surface area contributed by atoms with E-state index in [0.717, 1.165) is 49.6 Å². The van der Waals surface area contributed by atoms with Gasteiger partial charge in [0.1, 0.15) is 5.75 Å². The fourth-order valence-corrected chi connectivity index (χ4v) is 5.14. The van der Waals surface area contributed by atoms with Gasteiger partial charge in [-0.25, -0.2) is 0 Å². The molecular weight excluding hydrogens is 386 g/mol. The zero-order chi connectivity index (χ0) is 21.4. The topological polar surface area (TPSA) is 58.3 Å². The second-order valence-electron chi connectivity index (χ2n) is 8.62. The number of methoxy groups -OCH3 is 1. The van der Waals surface area contributed by atoms with Gasteiger partial charge in [-0.3, -0.25) is 9.69 Å². The third-order valence-electron chi connectivity index (χ3n) is 6.55. The summed E-state index contributed by atoms with van der Waals surface area (Å²) in [5.74, 6) is 1.73. The van der Waals surface area contributed by atoms with Crippen LogP contribution in [-0.4, -0.2) is 29.7 Å². The number of aromatic nitrogens is 1. The Morgan fingerprint density at radius 2 is 1.90 bits per heavy atom. The number of benzene rings is 2. The van der Waals surface area contributed by atoms with Crippen LogP contribution >= 0.6 is 0 Å². The summed E-state index contributed by atoms with van der Waals surface area (Å²) in [4.78, 5) is 15.8. The maximum Gasteiger partial charge on any atom is 0.258 e. The number of nitriles is 1. The standard InChI is InChI=1S/C26H25N3O2/c1-31-23-7-5-18(6-8-23)14-28-15-20-12-22(17-28)25-10-9-24(26(30)29(25)16-20)21-4-2-3-19(11-21)13-27/h2-11,20,22H,12,14-17H2,1H3/t20-,22-/m1/s1. The largest absolute Gasteiger partial charge is 0.497 e. The number of nitrogens with zero attached hydrogens (tertiary/aromatic N) is 3. The van der Waals surface area contributed by atoms with Crippen LogP contribution in [0.4, 0.5) is 0 Å². The molecule has 156 valence electrons. The van der Waals surface area contributed by atoms with Gasteiger partial charge in [0.15, 0.2) is 0 Å². The van der Waals surface area contributed by atoms with E-state index >= 15 is 0 Å². The van der Waals surface area contributed by atoms with Crippen molar-refractivity contribution in [1.82, 2.24) is 9.47 Å². The molecule has 3 heterocycles. The van der Waals surface area contributed by atoms with E-state index < -0.39 is 0 Å². The first-order valence-corrected chi connectivity index (χ1v) is 10.7. The van der Waals surface area contributed by atoms with Gasteiger partial charge in [-0.1, -0.05) is 24.3 Å². The number of hydrogen-bond acceptors (Lipinski definition) is 4. The van der Waals surface area contributed by atoms with Crippen LogP contribution in [0, 0.1) is 17.2 Å². The van der Waals surface area contributed by atoms with Crippen LogP contribution in [-0.2, 0) is 13.1 Å². The zero-order valence-electron chi connectivity index (χ0n) is 17.6. The second-order valence-corrected chi connectivity index (χ2v) is 8.62. The summed E-state index contributed by atoms with van der Waals surface area (Å²) in [6.07, 6.45) is 1.14. The van der Waals surface area contributed by atoms with Gasteiger partial charge >= 0.3 is 0 Å². The summed E-state index contributed by atoms with van der Waals surface area (Å²) in [7, 11) is 1.69. The molecule has 5 rings (SSSR count). The highest BCUT2D eigenvalue weighted by Crippen LogP contribution is 2.36. The van der Waals surface area contributed by atoms with Gasteiger partial charge < -0.3 is 9.30 Å². The van der Waals surface area contributed by atoms with Crippen molar-refractivity contribution in [2.75, 3.05) is 20.2 Å². The van der Waals surface area contributed by atoms with Gasteiger partial charge in [0.25, 0.3) is 5.56 Å². The number of ether oxygens (including phenoxy) is 1. The Bertz CT molecular complexity index is 1210. The lowest BCUT2D eigenvalue weighted by molar-refractivity contribution is 0.114.